The third-order valence-corrected chi connectivity index (χ3v) is 4.22. The van der Waals surface area contributed by atoms with Crippen LogP contribution in [0.1, 0.15) is 35.6 Å². The van der Waals surface area contributed by atoms with Gasteiger partial charge in [-0.15, -0.1) is 0 Å². The van der Waals surface area contributed by atoms with Gasteiger partial charge >= 0.3 is 0 Å². The fraction of sp³-hybridized carbons (Fsp3) is 0.333. The van der Waals surface area contributed by atoms with E-state index in [0.29, 0.717) is 17.8 Å². The predicted molar refractivity (Wildman–Crippen MR) is 108 cm³/mol. The second-order valence-corrected chi connectivity index (χ2v) is 6.61. The van der Waals surface area contributed by atoms with Crippen LogP contribution in [0.15, 0.2) is 30.3 Å². The van der Waals surface area contributed by atoms with E-state index in [4.69, 9.17) is 0 Å². The molecular formula is C21H27N3O2. The van der Waals surface area contributed by atoms with Crippen LogP contribution in [0, 0.1) is 27.7 Å². The van der Waals surface area contributed by atoms with Crippen molar-refractivity contribution in [2.24, 2.45) is 0 Å². The van der Waals surface area contributed by atoms with Gasteiger partial charge in [0.05, 0.1) is 6.54 Å². The van der Waals surface area contributed by atoms with E-state index >= 15 is 0 Å². The van der Waals surface area contributed by atoms with Crippen LogP contribution < -0.4 is 16.0 Å². The van der Waals surface area contributed by atoms with E-state index < -0.39 is 0 Å². The predicted octanol–water partition coefficient (Wildman–Crippen LogP) is 4.32. The number of nitrogens with one attached hydrogen (secondary N) is 3. The lowest BCUT2D eigenvalue weighted by Crippen LogP contribution is -2.22. The average Bonchev–Trinajstić information content (AvgIpc) is 2.56. The Balaban J connectivity index is 2.02. The molecule has 3 N–H and O–H groups in total. The molecule has 0 aliphatic rings. The van der Waals surface area contributed by atoms with Gasteiger partial charge in [0.15, 0.2) is 0 Å². The lowest BCUT2D eigenvalue weighted by Gasteiger charge is -2.14. The number of benzene rings is 2. The monoisotopic (exact) mass is 353 g/mol. The lowest BCUT2D eigenvalue weighted by atomic mass is 10.1. The molecule has 0 fully saturated rings. The Morgan fingerprint density at radius 1 is 0.846 bits per heavy atom. The molecule has 2 aromatic rings. The molecule has 138 valence electrons. The van der Waals surface area contributed by atoms with Crippen molar-refractivity contribution in [2.75, 3.05) is 22.5 Å². The highest BCUT2D eigenvalue weighted by Gasteiger charge is 2.09. The summed E-state index contributed by atoms with van der Waals surface area (Å²) < 4.78 is 0. The number of rotatable bonds is 6. The molecule has 0 aliphatic heterocycles. The zero-order valence-corrected chi connectivity index (χ0v) is 16.1. The lowest BCUT2D eigenvalue weighted by molar-refractivity contribution is -0.116. The first kappa shape index (κ1) is 19.5. The van der Waals surface area contributed by atoms with Gasteiger partial charge in [-0.2, -0.15) is 0 Å². The Bertz CT molecular complexity index is 805. The third-order valence-electron chi connectivity index (χ3n) is 4.22. The third kappa shape index (κ3) is 5.09. The van der Waals surface area contributed by atoms with E-state index in [9.17, 15) is 9.59 Å². The molecule has 0 unspecified atom stereocenters. The quantitative estimate of drug-likeness (QED) is 0.724. The van der Waals surface area contributed by atoms with Crippen LogP contribution in [-0.2, 0) is 9.59 Å². The van der Waals surface area contributed by atoms with Crippen LogP contribution in [0.25, 0.3) is 0 Å². The summed E-state index contributed by atoms with van der Waals surface area (Å²) >= 11 is 0. The molecule has 0 atom stereocenters. The minimum Gasteiger partial charge on any atom is -0.376 e. The van der Waals surface area contributed by atoms with Crippen molar-refractivity contribution in [3.63, 3.8) is 0 Å². The first-order valence-electron chi connectivity index (χ1n) is 8.82. The van der Waals surface area contributed by atoms with Crippen LogP contribution in [0.3, 0.4) is 0 Å². The maximum absolute atomic E-state index is 12.3. The number of hydrogen-bond acceptors (Lipinski definition) is 3. The Hall–Kier alpha value is -2.82. The summed E-state index contributed by atoms with van der Waals surface area (Å²) in [6.07, 6.45) is 0.412. The van der Waals surface area contributed by atoms with Gasteiger partial charge in [-0.25, -0.2) is 0 Å². The number of aryl methyl sites for hydroxylation is 4. The molecule has 5 heteroatoms. The molecule has 0 radical (unpaired) electrons. The Morgan fingerprint density at radius 2 is 1.50 bits per heavy atom. The van der Waals surface area contributed by atoms with Crippen LogP contribution in [0.4, 0.5) is 17.1 Å². The Morgan fingerprint density at radius 3 is 2.12 bits per heavy atom. The highest BCUT2D eigenvalue weighted by Crippen LogP contribution is 2.22. The summed E-state index contributed by atoms with van der Waals surface area (Å²) in [7, 11) is 0. The molecule has 0 aromatic heterocycles. The summed E-state index contributed by atoms with van der Waals surface area (Å²) in [5, 5.41) is 8.93. The van der Waals surface area contributed by atoms with Gasteiger partial charge in [0.2, 0.25) is 11.8 Å². The number of amides is 2. The van der Waals surface area contributed by atoms with Crippen molar-refractivity contribution in [1.82, 2.24) is 0 Å². The van der Waals surface area contributed by atoms with E-state index in [-0.39, 0.29) is 18.4 Å². The van der Waals surface area contributed by atoms with Gasteiger partial charge in [-0.05, 0) is 56.5 Å². The molecule has 0 heterocycles. The minimum atomic E-state index is -0.138. The van der Waals surface area contributed by atoms with Crippen LogP contribution in [0.5, 0.6) is 0 Å². The standard InChI is InChI=1S/C21H27N3O2/c1-6-19(25)24-18-11-17(8-7-14(18)3)23-20(26)12-22-21-15(4)9-13(2)10-16(21)5/h7-11,22H,6,12H2,1-5H3,(H,23,26)(H,24,25). The highest BCUT2D eigenvalue weighted by molar-refractivity contribution is 5.96. The molecule has 0 spiro atoms. The van der Waals surface area contributed by atoms with Gasteiger partial charge in [0.1, 0.15) is 0 Å². The molecule has 0 saturated carbocycles. The molecule has 2 aromatic carbocycles. The van der Waals surface area contributed by atoms with Gasteiger partial charge < -0.3 is 16.0 Å². The highest BCUT2D eigenvalue weighted by atomic mass is 16.2. The maximum atomic E-state index is 12.3. The zero-order chi connectivity index (χ0) is 19.3. The number of hydrogen-bond donors (Lipinski definition) is 3. The van der Waals surface area contributed by atoms with Crippen molar-refractivity contribution in [3.05, 3.63) is 52.6 Å². The zero-order valence-electron chi connectivity index (χ0n) is 16.1. The van der Waals surface area contributed by atoms with E-state index in [1.807, 2.05) is 32.9 Å². The van der Waals surface area contributed by atoms with Crippen LogP contribution >= 0.6 is 0 Å². The second kappa shape index (κ2) is 8.52. The SMILES string of the molecule is CCC(=O)Nc1cc(NC(=O)CNc2c(C)cc(C)cc2C)ccc1C. The second-order valence-electron chi connectivity index (χ2n) is 6.61. The smallest absolute Gasteiger partial charge is 0.243 e. The summed E-state index contributed by atoms with van der Waals surface area (Å²) in [6.45, 7) is 10.0. The van der Waals surface area contributed by atoms with Crippen molar-refractivity contribution in [2.45, 2.75) is 41.0 Å². The van der Waals surface area contributed by atoms with Crippen LogP contribution in [-0.4, -0.2) is 18.4 Å². The fourth-order valence-corrected chi connectivity index (χ4v) is 2.91. The van der Waals surface area contributed by atoms with E-state index in [1.165, 1.54) is 5.56 Å². The first-order valence-corrected chi connectivity index (χ1v) is 8.82. The molecule has 0 saturated heterocycles. The van der Waals surface area contributed by atoms with Gasteiger partial charge in [0, 0.05) is 23.5 Å². The normalized spacial score (nSPS) is 10.3. The van der Waals surface area contributed by atoms with E-state index in [0.717, 1.165) is 22.4 Å². The summed E-state index contributed by atoms with van der Waals surface area (Å²) in [5.41, 5.74) is 6.76. The minimum absolute atomic E-state index is 0.0523. The molecule has 2 amide bonds. The fourth-order valence-electron chi connectivity index (χ4n) is 2.91. The van der Waals surface area contributed by atoms with Crippen molar-refractivity contribution >= 4 is 28.9 Å². The van der Waals surface area contributed by atoms with Crippen LogP contribution in [0.2, 0.25) is 0 Å². The van der Waals surface area contributed by atoms with Crippen molar-refractivity contribution < 1.29 is 9.59 Å². The Kier molecular flexibility index (Phi) is 6.39. The molecule has 0 bridgehead atoms. The molecular weight excluding hydrogens is 326 g/mol. The largest absolute Gasteiger partial charge is 0.376 e. The first-order chi connectivity index (χ1) is 12.3. The molecule has 5 nitrogen and oxygen atoms in total. The van der Waals surface area contributed by atoms with Gasteiger partial charge in [-0.3, -0.25) is 9.59 Å². The van der Waals surface area contributed by atoms with Gasteiger partial charge in [0.25, 0.3) is 0 Å². The summed E-state index contributed by atoms with van der Waals surface area (Å²) in [4.78, 5) is 23.9. The average molecular weight is 353 g/mol. The van der Waals surface area contributed by atoms with Gasteiger partial charge in [-0.1, -0.05) is 30.7 Å². The van der Waals surface area contributed by atoms with E-state index in [1.54, 1.807) is 13.0 Å². The molecule has 26 heavy (non-hydrogen) atoms. The molecule has 2 rings (SSSR count). The van der Waals surface area contributed by atoms with Crippen molar-refractivity contribution in [1.29, 1.82) is 0 Å². The maximum Gasteiger partial charge on any atom is 0.243 e. The number of carbonyl (C=O) groups excluding carboxylic acids is 2. The summed E-state index contributed by atoms with van der Waals surface area (Å²) in [5.74, 6) is -0.190. The molecule has 0 aliphatic carbocycles. The Labute approximate surface area is 155 Å². The topological polar surface area (TPSA) is 70.2 Å². The van der Waals surface area contributed by atoms with Crippen molar-refractivity contribution in [3.8, 4) is 0 Å². The van der Waals surface area contributed by atoms with E-state index in [2.05, 4.69) is 35.0 Å². The summed E-state index contributed by atoms with van der Waals surface area (Å²) in [6, 6.07) is 9.68. The number of anilines is 3. The number of carbonyl (C=O) groups is 2.